The number of nitriles is 1. The summed E-state index contributed by atoms with van der Waals surface area (Å²) in [6.07, 6.45) is 0.845. The normalized spacial score (nSPS) is 9.95. The number of carboxylic acid groups (broad SMARTS) is 1. The van der Waals surface area contributed by atoms with Gasteiger partial charge in [-0.05, 0) is 42.3 Å². The SMILES string of the molecule is N#Cc1cccc(CCSc2cccc(C(=O)O)c2)c1. The summed E-state index contributed by atoms with van der Waals surface area (Å²) in [7, 11) is 0. The van der Waals surface area contributed by atoms with E-state index in [1.807, 2.05) is 24.3 Å². The van der Waals surface area contributed by atoms with Gasteiger partial charge in [-0.2, -0.15) is 5.26 Å². The molecule has 0 amide bonds. The van der Waals surface area contributed by atoms with Crippen molar-refractivity contribution >= 4 is 17.7 Å². The van der Waals surface area contributed by atoms with E-state index in [1.54, 1.807) is 36.0 Å². The molecule has 2 aromatic rings. The van der Waals surface area contributed by atoms with Gasteiger partial charge in [-0.3, -0.25) is 0 Å². The van der Waals surface area contributed by atoms with E-state index in [9.17, 15) is 4.79 Å². The summed E-state index contributed by atoms with van der Waals surface area (Å²) in [4.78, 5) is 11.8. The Morgan fingerprint density at radius 1 is 1.20 bits per heavy atom. The van der Waals surface area contributed by atoms with Gasteiger partial charge in [-0.1, -0.05) is 18.2 Å². The summed E-state index contributed by atoms with van der Waals surface area (Å²) in [5.74, 6) is -0.0630. The van der Waals surface area contributed by atoms with Crippen molar-refractivity contribution in [3.63, 3.8) is 0 Å². The van der Waals surface area contributed by atoms with Crippen molar-refractivity contribution in [2.24, 2.45) is 0 Å². The highest BCUT2D eigenvalue weighted by atomic mass is 32.2. The molecular weight excluding hydrogens is 270 g/mol. The first-order valence-corrected chi connectivity index (χ1v) is 7.13. The zero-order valence-corrected chi connectivity index (χ0v) is 11.6. The number of hydrogen-bond donors (Lipinski definition) is 1. The summed E-state index contributed by atoms with van der Waals surface area (Å²) < 4.78 is 0. The maximum absolute atomic E-state index is 10.9. The Morgan fingerprint density at radius 2 is 2.00 bits per heavy atom. The van der Waals surface area contributed by atoms with Crippen LogP contribution in [-0.4, -0.2) is 16.8 Å². The van der Waals surface area contributed by atoms with Crippen LogP contribution in [0.2, 0.25) is 0 Å². The Labute approximate surface area is 121 Å². The lowest BCUT2D eigenvalue weighted by atomic mass is 10.1. The Bertz CT molecular complexity index is 662. The van der Waals surface area contributed by atoms with Gasteiger partial charge in [0.05, 0.1) is 17.2 Å². The molecule has 0 saturated carbocycles. The molecule has 2 aromatic carbocycles. The number of aryl methyl sites for hydroxylation is 1. The Kier molecular flexibility index (Phi) is 4.80. The van der Waals surface area contributed by atoms with Crippen LogP contribution in [0.5, 0.6) is 0 Å². The number of aromatic carboxylic acids is 1. The van der Waals surface area contributed by atoms with Crippen molar-refractivity contribution < 1.29 is 9.90 Å². The zero-order valence-electron chi connectivity index (χ0n) is 10.7. The third-order valence-electron chi connectivity index (χ3n) is 2.80. The van der Waals surface area contributed by atoms with E-state index >= 15 is 0 Å². The molecule has 0 atom stereocenters. The van der Waals surface area contributed by atoms with Gasteiger partial charge in [0.2, 0.25) is 0 Å². The van der Waals surface area contributed by atoms with Gasteiger partial charge < -0.3 is 5.11 Å². The fourth-order valence-electron chi connectivity index (χ4n) is 1.80. The quantitative estimate of drug-likeness (QED) is 0.852. The first-order chi connectivity index (χ1) is 9.69. The Balaban J connectivity index is 1.94. The van der Waals surface area contributed by atoms with Crippen molar-refractivity contribution in [3.8, 4) is 6.07 Å². The minimum absolute atomic E-state index is 0.307. The molecule has 1 N–H and O–H groups in total. The summed E-state index contributed by atoms with van der Waals surface area (Å²) in [6, 6.07) is 16.6. The molecule has 2 rings (SSSR count). The minimum atomic E-state index is -0.908. The Morgan fingerprint density at radius 3 is 2.75 bits per heavy atom. The third-order valence-corrected chi connectivity index (χ3v) is 3.79. The monoisotopic (exact) mass is 283 g/mol. The standard InChI is InChI=1S/C16H13NO2S/c17-11-13-4-1-3-12(9-13)7-8-20-15-6-2-5-14(10-15)16(18)19/h1-6,9-10H,7-8H2,(H,18,19). The molecule has 3 nitrogen and oxygen atoms in total. The number of benzene rings is 2. The molecule has 4 heteroatoms. The van der Waals surface area contributed by atoms with E-state index in [0.717, 1.165) is 22.6 Å². The second kappa shape index (κ2) is 6.78. The molecule has 0 spiro atoms. The highest BCUT2D eigenvalue weighted by Gasteiger charge is 2.03. The summed E-state index contributed by atoms with van der Waals surface area (Å²) >= 11 is 1.61. The lowest BCUT2D eigenvalue weighted by Crippen LogP contribution is -1.96. The smallest absolute Gasteiger partial charge is 0.335 e. The van der Waals surface area contributed by atoms with Crippen LogP contribution in [0.1, 0.15) is 21.5 Å². The van der Waals surface area contributed by atoms with E-state index < -0.39 is 5.97 Å². The van der Waals surface area contributed by atoms with Gasteiger partial charge in [0, 0.05) is 10.6 Å². The fourth-order valence-corrected chi connectivity index (χ4v) is 2.76. The summed E-state index contributed by atoms with van der Waals surface area (Å²) in [6.45, 7) is 0. The van der Waals surface area contributed by atoms with E-state index in [0.29, 0.717) is 11.1 Å². The highest BCUT2D eigenvalue weighted by Crippen LogP contribution is 2.20. The predicted octanol–water partition coefficient (Wildman–Crippen LogP) is 3.59. The van der Waals surface area contributed by atoms with Crippen LogP contribution in [0.3, 0.4) is 0 Å². The average Bonchev–Trinajstić information content (AvgIpc) is 2.48. The van der Waals surface area contributed by atoms with E-state index in [-0.39, 0.29) is 0 Å². The van der Waals surface area contributed by atoms with Crippen LogP contribution in [-0.2, 0) is 6.42 Å². The van der Waals surface area contributed by atoms with Crippen molar-refractivity contribution in [1.82, 2.24) is 0 Å². The molecule has 0 aromatic heterocycles. The second-order valence-corrected chi connectivity index (χ2v) is 5.41. The first kappa shape index (κ1) is 14.2. The molecule has 0 bridgehead atoms. The van der Waals surface area contributed by atoms with Crippen molar-refractivity contribution in [1.29, 1.82) is 5.26 Å². The molecule has 0 heterocycles. The molecule has 100 valence electrons. The summed E-state index contributed by atoms with van der Waals surface area (Å²) in [5, 5.41) is 17.8. The van der Waals surface area contributed by atoms with Crippen LogP contribution in [0.25, 0.3) is 0 Å². The molecule has 0 radical (unpaired) electrons. The van der Waals surface area contributed by atoms with Crippen LogP contribution >= 0.6 is 11.8 Å². The van der Waals surface area contributed by atoms with Crippen molar-refractivity contribution in [2.45, 2.75) is 11.3 Å². The maximum atomic E-state index is 10.9. The minimum Gasteiger partial charge on any atom is -0.478 e. The molecule has 0 unspecified atom stereocenters. The van der Waals surface area contributed by atoms with E-state index in [2.05, 4.69) is 6.07 Å². The van der Waals surface area contributed by atoms with Gasteiger partial charge in [0.25, 0.3) is 0 Å². The van der Waals surface area contributed by atoms with Crippen molar-refractivity contribution in [2.75, 3.05) is 5.75 Å². The van der Waals surface area contributed by atoms with Crippen LogP contribution in [0, 0.1) is 11.3 Å². The fraction of sp³-hybridized carbons (Fsp3) is 0.125. The maximum Gasteiger partial charge on any atom is 0.335 e. The molecule has 0 saturated heterocycles. The van der Waals surface area contributed by atoms with Gasteiger partial charge in [-0.25, -0.2) is 4.79 Å². The molecule has 0 aliphatic heterocycles. The first-order valence-electron chi connectivity index (χ1n) is 6.14. The number of rotatable bonds is 5. The van der Waals surface area contributed by atoms with Gasteiger partial charge >= 0.3 is 5.97 Å². The zero-order chi connectivity index (χ0) is 14.4. The topological polar surface area (TPSA) is 61.1 Å². The molecule has 0 aliphatic carbocycles. The highest BCUT2D eigenvalue weighted by molar-refractivity contribution is 7.99. The Hall–Kier alpha value is -2.25. The number of nitrogens with zero attached hydrogens (tertiary/aromatic N) is 1. The molecule has 0 aliphatic rings. The van der Waals surface area contributed by atoms with Crippen LogP contribution < -0.4 is 0 Å². The number of thioether (sulfide) groups is 1. The van der Waals surface area contributed by atoms with Gasteiger partial charge in [-0.15, -0.1) is 11.8 Å². The molecule has 20 heavy (non-hydrogen) atoms. The van der Waals surface area contributed by atoms with Crippen molar-refractivity contribution in [3.05, 3.63) is 65.2 Å². The number of hydrogen-bond acceptors (Lipinski definition) is 3. The lowest BCUT2D eigenvalue weighted by molar-refractivity contribution is 0.0696. The van der Waals surface area contributed by atoms with Gasteiger partial charge in [0.15, 0.2) is 0 Å². The largest absolute Gasteiger partial charge is 0.478 e. The number of carboxylic acids is 1. The third kappa shape index (κ3) is 3.87. The van der Waals surface area contributed by atoms with E-state index in [4.69, 9.17) is 10.4 Å². The molecular formula is C16H13NO2S. The summed E-state index contributed by atoms with van der Waals surface area (Å²) in [5.41, 5.74) is 2.09. The van der Waals surface area contributed by atoms with Gasteiger partial charge in [0.1, 0.15) is 0 Å². The second-order valence-electron chi connectivity index (χ2n) is 4.24. The number of carbonyl (C=O) groups is 1. The molecule has 0 fully saturated rings. The van der Waals surface area contributed by atoms with Crippen LogP contribution in [0.15, 0.2) is 53.4 Å². The lowest BCUT2D eigenvalue weighted by Gasteiger charge is -2.04. The van der Waals surface area contributed by atoms with Crippen LogP contribution in [0.4, 0.5) is 0 Å². The predicted molar refractivity (Wildman–Crippen MR) is 79.0 cm³/mol. The average molecular weight is 283 g/mol. The van der Waals surface area contributed by atoms with E-state index in [1.165, 1.54) is 0 Å².